The number of nitrogens with one attached hydrogen (secondary N) is 3. The summed E-state index contributed by atoms with van der Waals surface area (Å²) < 4.78 is 4.90. The second kappa shape index (κ2) is 5.09. The van der Waals surface area contributed by atoms with Crippen molar-refractivity contribution in [1.29, 1.82) is 0 Å². The van der Waals surface area contributed by atoms with Crippen molar-refractivity contribution >= 4 is 11.9 Å². The smallest absolute Gasteiger partial charge is 0.413 e. The van der Waals surface area contributed by atoms with E-state index in [1.54, 1.807) is 0 Å². The fourth-order valence-corrected chi connectivity index (χ4v) is 1.33. The van der Waals surface area contributed by atoms with Crippen molar-refractivity contribution in [2.75, 3.05) is 5.32 Å². The number of carbonyl (C=O) groups excluding carboxylic acids is 1. The molecule has 0 bridgehead atoms. The van der Waals surface area contributed by atoms with Gasteiger partial charge in [-0.15, -0.1) is 0 Å². The van der Waals surface area contributed by atoms with Crippen molar-refractivity contribution in [3.05, 3.63) is 46.4 Å². The molecule has 0 radical (unpaired) electrons. The largest absolute Gasteiger partial charge is 0.492 e. The van der Waals surface area contributed by atoms with E-state index in [0.717, 1.165) is 5.56 Å². The number of anilines is 1. The predicted molar refractivity (Wildman–Crippen MR) is 63.3 cm³/mol. The highest BCUT2D eigenvalue weighted by Gasteiger charge is 2.10. The molecule has 0 aliphatic rings. The predicted octanol–water partition coefficient (Wildman–Crippen LogP) is 1.16. The summed E-state index contributed by atoms with van der Waals surface area (Å²) in [6.45, 7) is 0.0993. The minimum Gasteiger partial charge on any atom is -0.492 e. The maximum Gasteiger partial charge on any atom is 0.413 e. The van der Waals surface area contributed by atoms with Crippen LogP contribution in [0.3, 0.4) is 0 Å². The molecule has 0 spiro atoms. The summed E-state index contributed by atoms with van der Waals surface area (Å²) in [6, 6.07) is 9.12. The molecule has 1 aromatic carbocycles. The molecule has 0 aliphatic heterocycles. The number of aromatic nitrogens is 2. The second-order valence-electron chi connectivity index (χ2n) is 3.49. The Morgan fingerprint density at radius 3 is 2.61 bits per heavy atom. The van der Waals surface area contributed by atoms with Gasteiger partial charge < -0.3 is 9.84 Å². The Morgan fingerprint density at radius 2 is 2.00 bits per heavy atom. The van der Waals surface area contributed by atoms with Crippen LogP contribution in [0.1, 0.15) is 5.56 Å². The van der Waals surface area contributed by atoms with E-state index < -0.39 is 17.7 Å². The van der Waals surface area contributed by atoms with Crippen molar-refractivity contribution in [2.45, 2.75) is 6.61 Å². The number of benzene rings is 1. The summed E-state index contributed by atoms with van der Waals surface area (Å²) in [7, 11) is 0. The van der Waals surface area contributed by atoms with Gasteiger partial charge in [-0.3, -0.25) is 15.3 Å². The van der Waals surface area contributed by atoms with E-state index >= 15 is 0 Å². The number of ether oxygens (including phenoxy) is 1. The van der Waals surface area contributed by atoms with Gasteiger partial charge in [-0.05, 0) is 5.56 Å². The zero-order valence-corrected chi connectivity index (χ0v) is 9.27. The molecule has 1 aromatic heterocycles. The van der Waals surface area contributed by atoms with Crippen molar-refractivity contribution < 1.29 is 14.6 Å². The van der Waals surface area contributed by atoms with E-state index in [-0.39, 0.29) is 12.4 Å². The van der Waals surface area contributed by atoms with Crippen LogP contribution >= 0.6 is 0 Å². The zero-order chi connectivity index (χ0) is 13.0. The number of H-pyrrole nitrogens is 2. The highest BCUT2D eigenvalue weighted by molar-refractivity contribution is 5.84. The number of rotatable bonds is 3. The van der Waals surface area contributed by atoms with Crippen molar-refractivity contribution in [3.8, 4) is 5.88 Å². The third-order valence-electron chi connectivity index (χ3n) is 2.15. The molecule has 0 saturated heterocycles. The van der Waals surface area contributed by atoms with Gasteiger partial charge in [0.2, 0.25) is 5.88 Å². The van der Waals surface area contributed by atoms with Crippen molar-refractivity contribution in [3.63, 3.8) is 0 Å². The molecule has 4 N–H and O–H groups in total. The molecule has 18 heavy (non-hydrogen) atoms. The van der Waals surface area contributed by atoms with Crippen LogP contribution in [0.5, 0.6) is 5.88 Å². The number of amides is 1. The van der Waals surface area contributed by atoms with E-state index in [4.69, 9.17) is 4.74 Å². The monoisotopic (exact) mass is 249 g/mol. The Labute approximate surface area is 101 Å². The van der Waals surface area contributed by atoms with Crippen LogP contribution in [0.15, 0.2) is 35.1 Å². The van der Waals surface area contributed by atoms with Crippen LogP contribution in [0.4, 0.5) is 10.6 Å². The minimum atomic E-state index is -0.774. The van der Waals surface area contributed by atoms with Gasteiger partial charge in [-0.1, -0.05) is 30.3 Å². The molecule has 0 atom stereocenters. The Hall–Kier alpha value is -2.70. The van der Waals surface area contributed by atoms with Crippen LogP contribution in [0.2, 0.25) is 0 Å². The fourth-order valence-electron chi connectivity index (χ4n) is 1.33. The molecule has 0 saturated carbocycles. The van der Waals surface area contributed by atoms with Gasteiger partial charge >= 0.3 is 11.8 Å². The van der Waals surface area contributed by atoms with Crippen LogP contribution < -0.4 is 11.0 Å². The average molecular weight is 249 g/mol. The van der Waals surface area contributed by atoms with Crippen LogP contribution in [-0.4, -0.2) is 21.2 Å². The molecular formula is C11H11N3O4. The van der Waals surface area contributed by atoms with E-state index in [9.17, 15) is 14.7 Å². The van der Waals surface area contributed by atoms with E-state index in [0.29, 0.717) is 0 Å². The molecule has 2 aromatic rings. The molecule has 0 unspecified atom stereocenters. The average Bonchev–Trinajstić information content (AvgIpc) is 2.67. The lowest BCUT2D eigenvalue weighted by Crippen LogP contribution is -2.14. The molecule has 2 rings (SSSR count). The van der Waals surface area contributed by atoms with Gasteiger partial charge in [-0.25, -0.2) is 9.59 Å². The van der Waals surface area contributed by atoms with Gasteiger partial charge in [0, 0.05) is 0 Å². The first-order valence-corrected chi connectivity index (χ1v) is 5.14. The standard InChI is InChI=1S/C11H11N3O4/c15-9-8(12-10(16)14-9)13-11(17)18-6-7-4-2-1-3-5-7/h1-5,15H,6H2,(H,13,17)(H2,12,14,16). The molecule has 7 heteroatoms. The number of hydrogen-bond donors (Lipinski definition) is 4. The molecular weight excluding hydrogens is 238 g/mol. The third kappa shape index (κ3) is 2.91. The summed E-state index contributed by atoms with van der Waals surface area (Å²) in [4.78, 5) is 26.4. The maximum absolute atomic E-state index is 11.4. The summed E-state index contributed by atoms with van der Waals surface area (Å²) in [5.41, 5.74) is 0.213. The van der Waals surface area contributed by atoms with E-state index in [1.807, 2.05) is 30.3 Å². The van der Waals surface area contributed by atoms with Gasteiger partial charge in [0.05, 0.1) is 0 Å². The molecule has 0 aliphatic carbocycles. The van der Waals surface area contributed by atoms with E-state index in [1.165, 1.54) is 0 Å². The number of aromatic amines is 2. The number of carbonyl (C=O) groups is 1. The minimum absolute atomic E-state index is 0.0993. The fraction of sp³-hybridized carbons (Fsp3) is 0.0909. The molecule has 94 valence electrons. The normalized spacial score (nSPS) is 10.0. The van der Waals surface area contributed by atoms with Gasteiger partial charge in [0.25, 0.3) is 0 Å². The molecule has 1 amide bonds. The SMILES string of the molecule is O=C(Nc1[nH]c(=O)[nH]c1O)OCc1ccccc1. The lowest BCUT2D eigenvalue weighted by molar-refractivity contribution is 0.155. The first-order valence-electron chi connectivity index (χ1n) is 5.14. The molecule has 0 fully saturated rings. The second-order valence-corrected chi connectivity index (χ2v) is 3.49. The van der Waals surface area contributed by atoms with Crippen molar-refractivity contribution in [1.82, 2.24) is 9.97 Å². The molecule has 1 heterocycles. The number of imidazole rings is 1. The maximum atomic E-state index is 11.4. The van der Waals surface area contributed by atoms with E-state index in [2.05, 4.69) is 15.3 Å². The Morgan fingerprint density at radius 1 is 1.28 bits per heavy atom. The summed E-state index contributed by atoms with van der Waals surface area (Å²) in [6.07, 6.45) is -0.774. The summed E-state index contributed by atoms with van der Waals surface area (Å²) >= 11 is 0. The third-order valence-corrected chi connectivity index (χ3v) is 2.15. The molecule has 7 nitrogen and oxygen atoms in total. The van der Waals surface area contributed by atoms with Crippen LogP contribution in [0.25, 0.3) is 0 Å². The highest BCUT2D eigenvalue weighted by atomic mass is 16.5. The highest BCUT2D eigenvalue weighted by Crippen LogP contribution is 2.13. The number of hydrogen-bond acceptors (Lipinski definition) is 4. The topological polar surface area (TPSA) is 107 Å². The van der Waals surface area contributed by atoms with Gasteiger partial charge in [0.1, 0.15) is 6.61 Å². The van der Waals surface area contributed by atoms with Crippen LogP contribution in [-0.2, 0) is 11.3 Å². The van der Waals surface area contributed by atoms with Crippen molar-refractivity contribution in [2.24, 2.45) is 0 Å². The first kappa shape index (κ1) is 11.8. The summed E-state index contributed by atoms with van der Waals surface area (Å²) in [5, 5.41) is 11.4. The number of aromatic hydroxyl groups is 1. The lowest BCUT2D eigenvalue weighted by atomic mass is 10.2. The Bertz CT molecular complexity index is 588. The summed E-state index contributed by atoms with van der Waals surface area (Å²) in [5.74, 6) is -0.574. The van der Waals surface area contributed by atoms with Gasteiger partial charge in [-0.2, -0.15) is 0 Å². The quantitative estimate of drug-likeness (QED) is 0.654. The lowest BCUT2D eigenvalue weighted by Gasteiger charge is -2.05. The first-order chi connectivity index (χ1) is 8.65. The van der Waals surface area contributed by atoms with Crippen LogP contribution in [0, 0.1) is 0 Å². The zero-order valence-electron chi connectivity index (χ0n) is 9.27. The van der Waals surface area contributed by atoms with Gasteiger partial charge in [0.15, 0.2) is 5.82 Å². The Balaban J connectivity index is 1.90. The Kier molecular flexibility index (Phi) is 3.33.